The number of hydrogen-bond donors (Lipinski definition) is 2. The van der Waals surface area contributed by atoms with Crippen LogP contribution in [0.2, 0.25) is 0 Å². The van der Waals surface area contributed by atoms with E-state index in [2.05, 4.69) is 20.4 Å². The third-order valence-electron chi connectivity index (χ3n) is 5.46. The zero-order valence-electron chi connectivity index (χ0n) is 14.4. The molecule has 2 amide bonds. The lowest BCUT2D eigenvalue weighted by Crippen LogP contribution is -2.61. The molecule has 2 fully saturated rings. The molecule has 0 unspecified atom stereocenters. The minimum Gasteiger partial charge on any atom is -0.354 e. The Balaban J connectivity index is 1.50. The Morgan fingerprint density at radius 3 is 2.83 bits per heavy atom. The SMILES string of the molecule is CN1CCCNC(=O)C12CCN(C(=O)CCCc1cn[nH]c1)CC2. The summed E-state index contributed by atoms with van der Waals surface area (Å²) in [6, 6.07) is 0. The van der Waals surface area contributed by atoms with Gasteiger partial charge in [-0.05, 0) is 44.7 Å². The number of nitrogens with one attached hydrogen (secondary N) is 2. The third-order valence-corrected chi connectivity index (χ3v) is 5.46. The molecule has 0 atom stereocenters. The van der Waals surface area contributed by atoms with Gasteiger partial charge in [-0.1, -0.05) is 0 Å². The van der Waals surface area contributed by atoms with Gasteiger partial charge >= 0.3 is 0 Å². The quantitative estimate of drug-likeness (QED) is 0.843. The van der Waals surface area contributed by atoms with Crippen LogP contribution >= 0.6 is 0 Å². The summed E-state index contributed by atoms with van der Waals surface area (Å²) < 4.78 is 0. The smallest absolute Gasteiger partial charge is 0.240 e. The highest BCUT2D eigenvalue weighted by atomic mass is 16.2. The standard InChI is InChI=1S/C17H27N5O2/c1-21-9-3-8-18-16(24)17(21)6-10-22(11-7-17)15(23)5-2-4-14-12-19-20-13-14/h12-13H,2-11H2,1H3,(H,18,24)(H,19,20). The fraction of sp³-hybridized carbons (Fsp3) is 0.706. The Bertz CT molecular complexity index is 564. The number of carbonyl (C=O) groups is 2. The van der Waals surface area contributed by atoms with Crippen molar-refractivity contribution in [2.45, 2.75) is 44.1 Å². The molecule has 132 valence electrons. The van der Waals surface area contributed by atoms with E-state index in [9.17, 15) is 9.59 Å². The van der Waals surface area contributed by atoms with E-state index >= 15 is 0 Å². The van der Waals surface area contributed by atoms with Gasteiger partial charge in [-0.15, -0.1) is 0 Å². The number of carbonyl (C=O) groups excluding carboxylic acids is 2. The van der Waals surface area contributed by atoms with Crippen molar-refractivity contribution in [2.75, 3.05) is 33.2 Å². The minimum atomic E-state index is -0.427. The van der Waals surface area contributed by atoms with E-state index in [0.29, 0.717) is 19.5 Å². The molecule has 3 rings (SSSR count). The van der Waals surface area contributed by atoms with Crippen LogP contribution < -0.4 is 5.32 Å². The number of amides is 2. The summed E-state index contributed by atoms with van der Waals surface area (Å²) in [5.41, 5.74) is 0.710. The molecule has 7 nitrogen and oxygen atoms in total. The number of hydrogen-bond acceptors (Lipinski definition) is 4. The van der Waals surface area contributed by atoms with Crippen LogP contribution in [-0.4, -0.2) is 70.6 Å². The van der Waals surface area contributed by atoms with Crippen LogP contribution in [-0.2, 0) is 16.0 Å². The molecule has 1 aromatic heterocycles. The van der Waals surface area contributed by atoms with Crippen molar-refractivity contribution >= 4 is 11.8 Å². The van der Waals surface area contributed by atoms with Gasteiger partial charge in [0, 0.05) is 38.8 Å². The van der Waals surface area contributed by atoms with Crippen LogP contribution in [0.15, 0.2) is 12.4 Å². The summed E-state index contributed by atoms with van der Waals surface area (Å²) in [6.45, 7) is 3.02. The average molecular weight is 333 g/mol. The Kier molecular flexibility index (Phi) is 5.18. The monoisotopic (exact) mass is 333 g/mol. The molecule has 1 spiro atoms. The van der Waals surface area contributed by atoms with Gasteiger partial charge in [0.1, 0.15) is 5.54 Å². The Hall–Kier alpha value is -1.89. The van der Waals surface area contributed by atoms with Crippen molar-refractivity contribution in [1.82, 2.24) is 25.3 Å². The maximum Gasteiger partial charge on any atom is 0.240 e. The molecule has 7 heteroatoms. The van der Waals surface area contributed by atoms with E-state index in [4.69, 9.17) is 0 Å². The average Bonchev–Trinajstić information content (AvgIpc) is 3.07. The van der Waals surface area contributed by atoms with E-state index in [1.807, 2.05) is 18.1 Å². The number of nitrogens with zero attached hydrogens (tertiary/aromatic N) is 3. The van der Waals surface area contributed by atoms with E-state index in [1.54, 1.807) is 6.20 Å². The lowest BCUT2D eigenvalue weighted by atomic mass is 9.85. The van der Waals surface area contributed by atoms with E-state index in [1.165, 1.54) is 0 Å². The fourth-order valence-electron chi connectivity index (χ4n) is 3.82. The third kappa shape index (κ3) is 3.45. The molecule has 2 saturated heterocycles. The zero-order chi connectivity index (χ0) is 17.0. The highest BCUT2D eigenvalue weighted by molar-refractivity contribution is 5.87. The summed E-state index contributed by atoms with van der Waals surface area (Å²) in [7, 11) is 2.04. The summed E-state index contributed by atoms with van der Waals surface area (Å²) in [4.78, 5) is 29.0. The van der Waals surface area contributed by atoms with Crippen molar-refractivity contribution in [3.05, 3.63) is 18.0 Å². The normalized spacial score (nSPS) is 21.5. The molecule has 3 heterocycles. The van der Waals surface area contributed by atoms with Gasteiger partial charge in [-0.3, -0.25) is 19.6 Å². The maximum absolute atomic E-state index is 12.5. The first kappa shape index (κ1) is 17.0. The fourth-order valence-corrected chi connectivity index (χ4v) is 3.82. The topological polar surface area (TPSA) is 81.3 Å². The molecule has 24 heavy (non-hydrogen) atoms. The van der Waals surface area contributed by atoms with E-state index in [0.717, 1.165) is 50.8 Å². The minimum absolute atomic E-state index is 0.134. The van der Waals surface area contributed by atoms with Crippen molar-refractivity contribution < 1.29 is 9.59 Å². The molecule has 1 aromatic rings. The first-order valence-corrected chi connectivity index (χ1v) is 8.87. The number of H-pyrrole nitrogens is 1. The second kappa shape index (κ2) is 7.34. The van der Waals surface area contributed by atoms with Crippen LogP contribution in [0.25, 0.3) is 0 Å². The molecule has 2 N–H and O–H groups in total. The van der Waals surface area contributed by atoms with Crippen molar-refractivity contribution in [1.29, 1.82) is 0 Å². The Morgan fingerprint density at radius 1 is 1.33 bits per heavy atom. The van der Waals surface area contributed by atoms with Crippen LogP contribution in [0.4, 0.5) is 0 Å². The zero-order valence-corrected chi connectivity index (χ0v) is 14.4. The van der Waals surface area contributed by atoms with E-state index < -0.39 is 5.54 Å². The van der Waals surface area contributed by atoms with Crippen LogP contribution in [0.3, 0.4) is 0 Å². The van der Waals surface area contributed by atoms with Crippen LogP contribution in [0, 0.1) is 0 Å². The van der Waals surface area contributed by atoms with Gasteiger partial charge in [0.15, 0.2) is 0 Å². The summed E-state index contributed by atoms with van der Waals surface area (Å²) in [6.07, 6.45) is 8.36. The number of aromatic nitrogens is 2. The number of aromatic amines is 1. The van der Waals surface area contributed by atoms with Gasteiger partial charge in [0.2, 0.25) is 11.8 Å². The lowest BCUT2D eigenvalue weighted by molar-refractivity contribution is -0.141. The molecule has 0 aliphatic carbocycles. The second-order valence-electron chi connectivity index (χ2n) is 6.90. The number of piperidine rings is 1. The number of aryl methyl sites for hydroxylation is 1. The predicted octanol–water partition coefficient (Wildman–Crippen LogP) is 0.545. The molecule has 0 radical (unpaired) electrons. The molecular formula is C17H27N5O2. The van der Waals surface area contributed by atoms with Crippen molar-refractivity contribution in [2.24, 2.45) is 0 Å². The first-order chi connectivity index (χ1) is 11.6. The Labute approximate surface area is 142 Å². The maximum atomic E-state index is 12.5. The van der Waals surface area contributed by atoms with Gasteiger partial charge in [0.05, 0.1) is 6.20 Å². The molecule has 2 aliphatic heterocycles. The molecular weight excluding hydrogens is 306 g/mol. The van der Waals surface area contributed by atoms with Crippen LogP contribution in [0.1, 0.15) is 37.7 Å². The molecule has 0 saturated carbocycles. The summed E-state index contributed by atoms with van der Waals surface area (Å²) >= 11 is 0. The number of likely N-dealkylation sites (N-methyl/N-ethyl adjacent to an activating group) is 1. The van der Waals surface area contributed by atoms with Gasteiger partial charge in [-0.2, -0.15) is 5.10 Å². The number of likely N-dealkylation sites (tertiary alicyclic amines) is 1. The van der Waals surface area contributed by atoms with Gasteiger partial charge in [0.25, 0.3) is 0 Å². The van der Waals surface area contributed by atoms with E-state index in [-0.39, 0.29) is 11.8 Å². The van der Waals surface area contributed by atoms with Gasteiger partial charge in [-0.25, -0.2) is 0 Å². The van der Waals surface area contributed by atoms with Gasteiger partial charge < -0.3 is 10.2 Å². The lowest BCUT2D eigenvalue weighted by Gasteiger charge is -2.45. The Morgan fingerprint density at radius 2 is 2.12 bits per heavy atom. The molecule has 0 bridgehead atoms. The first-order valence-electron chi connectivity index (χ1n) is 8.87. The molecule has 2 aliphatic rings. The highest BCUT2D eigenvalue weighted by Crippen LogP contribution is 2.30. The molecule has 0 aromatic carbocycles. The summed E-state index contributed by atoms with van der Waals surface area (Å²) in [5, 5.41) is 9.74. The summed E-state index contributed by atoms with van der Waals surface area (Å²) in [5.74, 6) is 0.333. The van der Waals surface area contributed by atoms with Crippen molar-refractivity contribution in [3.63, 3.8) is 0 Å². The predicted molar refractivity (Wildman–Crippen MR) is 90.3 cm³/mol. The highest BCUT2D eigenvalue weighted by Gasteiger charge is 2.45. The second-order valence-corrected chi connectivity index (χ2v) is 6.90. The largest absolute Gasteiger partial charge is 0.354 e. The number of rotatable bonds is 4. The van der Waals surface area contributed by atoms with Crippen molar-refractivity contribution in [3.8, 4) is 0 Å². The van der Waals surface area contributed by atoms with Crippen LogP contribution in [0.5, 0.6) is 0 Å².